The molecule has 2 saturated heterocycles. The molecular weight excluding hydrogens is 370 g/mol. The average molecular weight is 396 g/mol. The van der Waals surface area contributed by atoms with Crippen LogP contribution >= 0.6 is 24.4 Å². The summed E-state index contributed by atoms with van der Waals surface area (Å²) in [7, 11) is 0. The molecule has 6 unspecified atom stereocenters. The fourth-order valence-electron chi connectivity index (χ4n) is 5.74. The summed E-state index contributed by atoms with van der Waals surface area (Å²) in [5.74, 6) is 0.0584. The Bertz CT molecular complexity index is 693. The smallest absolute Gasteiger partial charge is 0.319 e. The lowest BCUT2D eigenvalue weighted by molar-refractivity contribution is -0.176. The monoisotopic (exact) mass is 395 g/mol. The van der Waals surface area contributed by atoms with Crippen molar-refractivity contribution in [3.8, 4) is 0 Å². The van der Waals surface area contributed by atoms with Gasteiger partial charge < -0.3 is 15.2 Å². The van der Waals surface area contributed by atoms with Crippen molar-refractivity contribution in [1.82, 2.24) is 0 Å². The van der Waals surface area contributed by atoms with Crippen molar-refractivity contribution >= 4 is 46.5 Å². The van der Waals surface area contributed by atoms with E-state index in [9.17, 15) is 9.59 Å². The number of cyclic esters (lactones) is 2. The Balaban J connectivity index is 1.63. The van der Waals surface area contributed by atoms with Gasteiger partial charge in [0.1, 0.15) is 0 Å². The lowest BCUT2D eigenvalue weighted by atomic mass is 9.49. The molecule has 2 saturated carbocycles. The standard InChI is InChI=1S/C19H25NO4S2/c1-10(20)18-6-3-5-13-12-9-19(13,17(22)24-15(12)26)7-2-4-11(8-18)14(25)23-16(18)21/h10-13H,2-9,20H2,1H3. The Labute approximate surface area is 164 Å². The van der Waals surface area contributed by atoms with Gasteiger partial charge in [-0.15, -0.1) is 0 Å². The zero-order valence-electron chi connectivity index (χ0n) is 15.0. The second kappa shape index (κ2) is 6.31. The first-order valence-corrected chi connectivity index (χ1v) is 10.4. The highest BCUT2D eigenvalue weighted by Crippen LogP contribution is 2.61. The molecule has 0 aromatic rings. The van der Waals surface area contributed by atoms with E-state index in [-0.39, 0.29) is 41.1 Å². The first-order valence-electron chi connectivity index (χ1n) is 9.58. The number of rotatable bonds is 1. The van der Waals surface area contributed by atoms with E-state index < -0.39 is 5.41 Å². The van der Waals surface area contributed by atoms with Gasteiger partial charge >= 0.3 is 11.9 Å². The van der Waals surface area contributed by atoms with Crippen molar-refractivity contribution < 1.29 is 19.1 Å². The van der Waals surface area contributed by atoms with Gasteiger partial charge in [0.25, 0.3) is 0 Å². The van der Waals surface area contributed by atoms with Gasteiger partial charge in [0.2, 0.25) is 0 Å². The number of thiocarbonyl (C=S) groups is 2. The summed E-state index contributed by atoms with van der Waals surface area (Å²) in [4.78, 5) is 25.3. The van der Waals surface area contributed by atoms with Crippen LogP contribution in [0.25, 0.3) is 0 Å². The number of hydrogen-bond donors (Lipinski definition) is 1. The van der Waals surface area contributed by atoms with Crippen molar-refractivity contribution in [2.24, 2.45) is 34.3 Å². The molecule has 4 rings (SSSR count). The van der Waals surface area contributed by atoms with Crippen LogP contribution in [0.4, 0.5) is 0 Å². The maximum absolute atomic E-state index is 12.7. The van der Waals surface area contributed by atoms with Gasteiger partial charge in [0.15, 0.2) is 10.1 Å². The van der Waals surface area contributed by atoms with Gasteiger partial charge in [-0.2, -0.15) is 0 Å². The van der Waals surface area contributed by atoms with Crippen molar-refractivity contribution in [2.75, 3.05) is 0 Å². The van der Waals surface area contributed by atoms with E-state index in [0.717, 1.165) is 38.5 Å². The molecule has 2 aliphatic heterocycles. The van der Waals surface area contributed by atoms with E-state index in [4.69, 9.17) is 39.6 Å². The van der Waals surface area contributed by atoms with Crippen LogP contribution in [0, 0.1) is 28.6 Å². The Hall–Kier alpha value is -0.920. The number of esters is 2. The highest BCUT2D eigenvalue weighted by atomic mass is 32.1. The molecule has 2 heterocycles. The quantitative estimate of drug-likeness (QED) is 0.540. The van der Waals surface area contributed by atoms with Crippen LogP contribution in [0.15, 0.2) is 0 Å². The zero-order chi connectivity index (χ0) is 18.7. The summed E-state index contributed by atoms with van der Waals surface area (Å²) in [5, 5.41) is 0.844. The molecule has 5 nitrogen and oxygen atoms in total. The molecule has 26 heavy (non-hydrogen) atoms. The average Bonchev–Trinajstić information content (AvgIpc) is 2.57. The number of ether oxygens (including phenoxy) is 2. The van der Waals surface area contributed by atoms with Crippen molar-refractivity contribution in [3.63, 3.8) is 0 Å². The Morgan fingerprint density at radius 1 is 1.04 bits per heavy atom. The zero-order valence-corrected chi connectivity index (χ0v) is 16.6. The van der Waals surface area contributed by atoms with Crippen LogP contribution in [0.3, 0.4) is 0 Å². The Kier molecular flexibility index (Phi) is 4.48. The third kappa shape index (κ3) is 2.50. The summed E-state index contributed by atoms with van der Waals surface area (Å²) in [5.41, 5.74) is 5.20. The minimum Gasteiger partial charge on any atom is -0.418 e. The van der Waals surface area contributed by atoms with Crippen LogP contribution in [0.1, 0.15) is 58.3 Å². The molecule has 7 heteroatoms. The van der Waals surface area contributed by atoms with E-state index in [1.807, 2.05) is 6.92 Å². The fraction of sp³-hybridized carbons (Fsp3) is 0.789. The molecule has 142 valence electrons. The second-order valence-electron chi connectivity index (χ2n) is 8.62. The predicted octanol–water partition coefficient (Wildman–Crippen LogP) is 3.07. The summed E-state index contributed by atoms with van der Waals surface area (Å²) >= 11 is 10.6. The van der Waals surface area contributed by atoms with Crippen molar-refractivity contribution in [3.05, 3.63) is 0 Å². The SMILES string of the molecule is CC(N)C12CCCC3C4CC3(CCCC(C1)C(=S)OC2=O)C(=O)OC4=S. The molecule has 4 bridgehead atoms. The van der Waals surface area contributed by atoms with Gasteiger partial charge in [0.05, 0.1) is 10.8 Å². The van der Waals surface area contributed by atoms with E-state index >= 15 is 0 Å². The predicted molar refractivity (Wildman–Crippen MR) is 103 cm³/mol. The van der Waals surface area contributed by atoms with Gasteiger partial charge in [-0.05, 0) is 75.8 Å². The topological polar surface area (TPSA) is 78.6 Å². The van der Waals surface area contributed by atoms with Crippen LogP contribution in [0.2, 0.25) is 0 Å². The van der Waals surface area contributed by atoms with E-state index in [1.165, 1.54) is 0 Å². The van der Waals surface area contributed by atoms with Crippen LogP contribution in [-0.4, -0.2) is 28.1 Å². The molecule has 0 aromatic heterocycles. The van der Waals surface area contributed by atoms with Crippen molar-refractivity contribution in [2.45, 2.75) is 64.3 Å². The third-order valence-corrected chi connectivity index (χ3v) is 8.21. The summed E-state index contributed by atoms with van der Waals surface area (Å²) in [6, 6.07) is -0.290. The lowest BCUT2D eigenvalue weighted by Gasteiger charge is -2.57. The molecule has 1 spiro atoms. The summed E-state index contributed by atoms with van der Waals surface area (Å²) < 4.78 is 10.8. The number of fused-ring (bicyclic) bond motifs is 4. The highest BCUT2D eigenvalue weighted by Gasteiger charge is 2.64. The molecule has 2 aliphatic carbocycles. The number of hydrogen-bond acceptors (Lipinski definition) is 7. The molecule has 6 atom stereocenters. The number of nitrogens with two attached hydrogens (primary N) is 1. The molecule has 0 radical (unpaired) electrons. The summed E-state index contributed by atoms with van der Waals surface area (Å²) in [6.07, 6.45) is 6.33. The third-order valence-electron chi connectivity index (χ3n) is 7.41. The Morgan fingerprint density at radius 2 is 1.73 bits per heavy atom. The minimum atomic E-state index is -0.676. The molecular formula is C19H25NO4S2. The first-order chi connectivity index (χ1) is 12.3. The maximum atomic E-state index is 12.7. The first kappa shape index (κ1) is 18.4. The lowest BCUT2D eigenvalue weighted by Crippen LogP contribution is -2.61. The van der Waals surface area contributed by atoms with Gasteiger partial charge in [0, 0.05) is 17.9 Å². The Morgan fingerprint density at radius 3 is 2.42 bits per heavy atom. The second-order valence-corrected chi connectivity index (χ2v) is 9.43. The fourth-order valence-corrected chi connectivity index (χ4v) is 6.34. The normalized spacial score (nSPS) is 44.0. The van der Waals surface area contributed by atoms with Gasteiger partial charge in [-0.1, -0.05) is 12.8 Å². The van der Waals surface area contributed by atoms with Crippen LogP contribution in [0.5, 0.6) is 0 Å². The van der Waals surface area contributed by atoms with Crippen LogP contribution < -0.4 is 5.73 Å². The molecule has 4 aliphatic rings. The van der Waals surface area contributed by atoms with Crippen molar-refractivity contribution in [1.29, 1.82) is 0 Å². The van der Waals surface area contributed by atoms with E-state index in [0.29, 0.717) is 22.9 Å². The summed E-state index contributed by atoms with van der Waals surface area (Å²) in [6.45, 7) is 1.89. The molecule has 0 aromatic carbocycles. The molecule has 2 N–H and O–H groups in total. The molecule has 4 fully saturated rings. The van der Waals surface area contributed by atoms with Gasteiger partial charge in [-0.25, -0.2) is 0 Å². The molecule has 0 amide bonds. The van der Waals surface area contributed by atoms with Crippen LogP contribution in [-0.2, 0) is 19.1 Å². The largest absolute Gasteiger partial charge is 0.418 e. The highest BCUT2D eigenvalue weighted by molar-refractivity contribution is 7.80. The minimum absolute atomic E-state index is 0.0400. The number of carbonyl (C=O) groups excluding carboxylic acids is 2. The van der Waals surface area contributed by atoms with Gasteiger partial charge in [-0.3, -0.25) is 9.59 Å². The van der Waals surface area contributed by atoms with E-state index in [2.05, 4.69) is 0 Å². The maximum Gasteiger partial charge on any atom is 0.319 e. The van der Waals surface area contributed by atoms with E-state index in [1.54, 1.807) is 0 Å². The number of carbonyl (C=O) groups is 2.